The highest BCUT2D eigenvalue weighted by Crippen LogP contribution is 2.43. The van der Waals surface area contributed by atoms with Crippen molar-refractivity contribution in [1.82, 2.24) is 9.55 Å². The molecule has 9 rings (SSSR count). The van der Waals surface area contributed by atoms with E-state index in [4.69, 9.17) is 0 Å². The van der Waals surface area contributed by atoms with E-state index in [1.54, 1.807) is 0 Å². The van der Waals surface area contributed by atoms with Crippen LogP contribution in [-0.4, -0.2) is 9.55 Å². The highest BCUT2D eigenvalue weighted by Gasteiger charge is 2.19. The van der Waals surface area contributed by atoms with E-state index in [0.717, 1.165) is 22.5 Å². The zero-order chi connectivity index (χ0) is 30.6. The molecule has 0 N–H and O–H groups in total. The fraction of sp³-hybridized carbons (Fsp3) is 0.0227. The maximum absolute atomic E-state index is 4.56. The second-order valence-electron chi connectivity index (χ2n) is 12.1. The molecule has 0 aliphatic heterocycles. The summed E-state index contributed by atoms with van der Waals surface area (Å²) in [4.78, 5) is 4.56. The fourth-order valence-electron chi connectivity index (χ4n) is 7.12. The zero-order valence-corrected chi connectivity index (χ0v) is 25.5. The molecule has 0 spiro atoms. The van der Waals surface area contributed by atoms with Crippen LogP contribution in [0.1, 0.15) is 5.69 Å². The van der Waals surface area contributed by atoms with Gasteiger partial charge in [-0.2, -0.15) is 0 Å². The standard InChI is InChI=1S/C44H30N2/c1-29-21-22-34(28-45-29)31-13-9-14-32(25-31)41-27-43-44(39-19-8-7-18-38(39)41)40-24-23-33(26-42(40)46(43)35-15-3-2-4-16-35)37-20-10-12-30-11-5-6-17-36(30)37/h2-28H,1H3. The molecule has 2 heteroatoms. The number of hydrogen-bond acceptors (Lipinski definition) is 1. The summed E-state index contributed by atoms with van der Waals surface area (Å²) in [5.74, 6) is 0. The minimum Gasteiger partial charge on any atom is -0.309 e. The summed E-state index contributed by atoms with van der Waals surface area (Å²) in [6.07, 6.45) is 1.97. The van der Waals surface area contributed by atoms with Gasteiger partial charge in [-0.1, -0.05) is 121 Å². The number of rotatable bonds is 4. The number of fused-ring (bicyclic) bond motifs is 6. The molecule has 0 bridgehead atoms. The maximum Gasteiger partial charge on any atom is 0.0553 e. The number of aryl methyl sites for hydroxylation is 1. The Bertz CT molecular complexity index is 2570. The van der Waals surface area contributed by atoms with Gasteiger partial charge in [0.15, 0.2) is 0 Å². The number of benzene rings is 7. The molecule has 2 nitrogen and oxygen atoms in total. The summed E-state index contributed by atoms with van der Waals surface area (Å²) in [5.41, 5.74) is 11.7. The molecule has 0 radical (unpaired) electrons. The second-order valence-corrected chi connectivity index (χ2v) is 12.1. The lowest BCUT2D eigenvalue weighted by Gasteiger charge is -2.13. The SMILES string of the molecule is Cc1ccc(-c2cccc(-c3cc4c(c5ccccc35)c3ccc(-c5cccc6ccccc56)cc3n4-c3ccccc3)c2)cn1. The van der Waals surface area contributed by atoms with E-state index in [0.29, 0.717) is 0 Å². The van der Waals surface area contributed by atoms with Crippen molar-refractivity contribution in [2.75, 3.05) is 0 Å². The predicted molar refractivity (Wildman–Crippen MR) is 195 cm³/mol. The van der Waals surface area contributed by atoms with E-state index < -0.39 is 0 Å². The Labute approximate surface area is 267 Å². The molecule has 9 aromatic rings. The zero-order valence-electron chi connectivity index (χ0n) is 25.5. The first-order chi connectivity index (χ1) is 22.7. The summed E-state index contributed by atoms with van der Waals surface area (Å²) in [7, 11) is 0. The predicted octanol–water partition coefficient (Wildman–Crippen LogP) is 11.8. The van der Waals surface area contributed by atoms with Crippen LogP contribution in [0.4, 0.5) is 0 Å². The molecule has 0 unspecified atom stereocenters. The highest BCUT2D eigenvalue weighted by molar-refractivity contribution is 6.24. The Kier molecular flexibility index (Phi) is 6.07. The van der Waals surface area contributed by atoms with Gasteiger partial charge in [0.25, 0.3) is 0 Å². The Balaban J connectivity index is 1.36. The van der Waals surface area contributed by atoms with Crippen molar-refractivity contribution in [3.8, 4) is 39.1 Å². The van der Waals surface area contributed by atoms with Gasteiger partial charge >= 0.3 is 0 Å². The summed E-state index contributed by atoms with van der Waals surface area (Å²) in [6, 6.07) is 57.4. The fourth-order valence-corrected chi connectivity index (χ4v) is 7.12. The van der Waals surface area contributed by atoms with Gasteiger partial charge in [-0.05, 0) is 92.7 Å². The molecule has 0 aliphatic carbocycles. The molecule has 0 aliphatic rings. The van der Waals surface area contributed by atoms with Crippen molar-refractivity contribution in [2.24, 2.45) is 0 Å². The van der Waals surface area contributed by atoms with Crippen LogP contribution in [0, 0.1) is 6.92 Å². The molecule has 216 valence electrons. The van der Waals surface area contributed by atoms with Gasteiger partial charge in [-0.25, -0.2) is 0 Å². The van der Waals surface area contributed by atoms with Gasteiger partial charge in [-0.15, -0.1) is 0 Å². The lowest BCUT2D eigenvalue weighted by Crippen LogP contribution is -1.94. The normalized spacial score (nSPS) is 11.6. The first-order valence-corrected chi connectivity index (χ1v) is 15.8. The summed E-state index contributed by atoms with van der Waals surface area (Å²) < 4.78 is 2.45. The van der Waals surface area contributed by atoms with Gasteiger partial charge in [-0.3, -0.25) is 4.98 Å². The summed E-state index contributed by atoms with van der Waals surface area (Å²) in [6.45, 7) is 2.03. The minimum absolute atomic E-state index is 1.02. The molecule has 0 saturated carbocycles. The number of nitrogens with zero attached hydrogens (tertiary/aromatic N) is 2. The van der Waals surface area contributed by atoms with Crippen LogP contribution in [0.3, 0.4) is 0 Å². The van der Waals surface area contributed by atoms with E-state index in [2.05, 4.69) is 167 Å². The average molecular weight is 587 g/mol. The molecule has 0 fully saturated rings. The van der Waals surface area contributed by atoms with Gasteiger partial charge in [0.2, 0.25) is 0 Å². The van der Waals surface area contributed by atoms with Gasteiger partial charge in [0.05, 0.1) is 11.0 Å². The lowest BCUT2D eigenvalue weighted by molar-refractivity contribution is 1.18. The van der Waals surface area contributed by atoms with Gasteiger partial charge < -0.3 is 4.57 Å². The maximum atomic E-state index is 4.56. The van der Waals surface area contributed by atoms with Crippen LogP contribution < -0.4 is 0 Å². The average Bonchev–Trinajstić information content (AvgIpc) is 3.45. The third-order valence-corrected chi connectivity index (χ3v) is 9.31. The molecule has 2 heterocycles. The third-order valence-electron chi connectivity index (χ3n) is 9.31. The van der Waals surface area contributed by atoms with Crippen molar-refractivity contribution in [1.29, 1.82) is 0 Å². The summed E-state index contributed by atoms with van der Waals surface area (Å²) in [5, 5.41) is 7.56. The second kappa shape index (κ2) is 10.6. The quantitative estimate of drug-likeness (QED) is 0.201. The lowest BCUT2D eigenvalue weighted by atomic mass is 9.92. The van der Waals surface area contributed by atoms with Crippen molar-refractivity contribution < 1.29 is 0 Å². The molecular weight excluding hydrogens is 556 g/mol. The molecule has 0 amide bonds. The van der Waals surface area contributed by atoms with Crippen LogP contribution in [0.5, 0.6) is 0 Å². The van der Waals surface area contributed by atoms with E-state index in [-0.39, 0.29) is 0 Å². The molecule has 2 aromatic heterocycles. The third kappa shape index (κ3) is 4.22. The Morgan fingerprint density at radius 2 is 1.13 bits per heavy atom. The first kappa shape index (κ1) is 26.4. The number of pyridine rings is 1. The van der Waals surface area contributed by atoms with Crippen LogP contribution in [0.15, 0.2) is 164 Å². The number of aromatic nitrogens is 2. The largest absolute Gasteiger partial charge is 0.309 e. The van der Waals surface area contributed by atoms with Crippen LogP contribution in [0.25, 0.3) is 82.4 Å². The molecule has 0 atom stereocenters. The Morgan fingerprint density at radius 1 is 0.435 bits per heavy atom. The van der Waals surface area contributed by atoms with Gasteiger partial charge in [0.1, 0.15) is 0 Å². The monoisotopic (exact) mass is 586 g/mol. The molecule has 0 saturated heterocycles. The highest BCUT2D eigenvalue weighted by atomic mass is 15.0. The van der Waals surface area contributed by atoms with Crippen molar-refractivity contribution in [3.05, 3.63) is 170 Å². The van der Waals surface area contributed by atoms with Crippen molar-refractivity contribution in [2.45, 2.75) is 6.92 Å². The molecule has 7 aromatic carbocycles. The van der Waals surface area contributed by atoms with Crippen LogP contribution in [-0.2, 0) is 0 Å². The number of para-hydroxylation sites is 1. The Hall–Kier alpha value is -5.99. The summed E-state index contributed by atoms with van der Waals surface area (Å²) >= 11 is 0. The van der Waals surface area contributed by atoms with Gasteiger partial charge in [0, 0.05) is 33.9 Å². The van der Waals surface area contributed by atoms with Crippen molar-refractivity contribution in [3.63, 3.8) is 0 Å². The van der Waals surface area contributed by atoms with E-state index >= 15 is 0 Å². The van der Waals surface area contributed by atoms with Crippen LogP contribution >= 0.6 is 0 Å². The molecular formula is C44H30N2. The smallest absolute Gasteiger partial charge is 0.0553 e. The topological polar surface area (TPSA) is 17.8 Å². The molecule has 46 heavy (non-hydrogen) atoms. The van der Waals surface area contributed by atoms with Crippen LogP contribution in [0.2, 0.25) is 0 Å². The van der Waals surface area contributed by atoms with E-state index in [1.165, 1.54) is 65.6 Å². The van der Waals surface area contributed by atoms with Crippen molar-refractivity contribution >= 4 is 43.4 Å². The first-order valence-electron chi connectivity index (χ1n) is 15.8. The van der Waals surface area contributed by atoms with E-state index in [1.807, 2.05) is 13.1 Å². The minimum atomic E-state index is 1.02. The number of hydrogen-bond donors (Lipinski definition) is 0. The van der Waals surface area contributed by atoms with E-state index in [9.17, 15) is 0 Å². The Morgan fingerprint density at radius 3 is 1.98 bits per heavy atom.